The molecule has 0 spiro atoms. The van der Waals surface area contributed by atoms with E-state index in [1.807, 2.05) is 19.1 Å². The van der Waals surface area contributed by atoms with E-state index in [0.29, 0.717) is 31.3 Å². The lowest BCUT2D eigenvalue weighted by molar-refractivity contribution is 0.0122. The number of urea groups is 1. The van der Waals surface area contributed by atoms with E-state index < -0.39 is 0 Å². The molecule has 2 aromatic rings. The number of morpholine rings is 1. The van der Waals surface area contributed by atoms with Crippen molar-refractivity contribution in [1.82, 2.24) is 15.4 Å². The molecule has 1 saturated heterocycles. The van der Waals surface area contributed by atoms with Crippen LogP contribution in [0.1, 0.15) is 23.3 Å². The minimum absolute atomic E-state index is 0.0348. The molecule has 8 nitrogen and oxygen atoms in total. The van der Waals surface area contributed by atoms with Gasteiger partial charge in [0, 0.05) is 25.7 Å². The monoisotopic (exact) mass is 334 g/mol. The Balaban J connectivity index is 1.61. The van der Waals surface area contributed by atoms with Gasteiger partial charge in [-0.3, -0.25) is 10.2 Å². The van der Waals surface area contributed by atoms with Gasteiger partial charge in [0.15, 0.2) is 5.82 Å². The van der Waals surface area contributed by atoms with Gasteiger partial charge < -0.3 is 19.0 Å². The number of aryl methyl sites for hydroxylation is 2. The van der Waals surface area contributed by atoms with Crippen LogP contribution < -0.4 is 10.6 Å². The van der Waals surface area contributed by atoms with Crippen LogP contribution in [0.3, 0.4) is 0 Å². The summed E-state index contributed by atoms with van der Waals surface area (Å²) in [4.78, 5) is 14.3. The summed E-state index contributed by atoms with van der Waals surface area (Å²) < 4.78 is 16.1. The van der Waals surface area contributed by atoms with E-state index in [1.54, 1.807) is 13.0 Å². The van der Waals surface area contributed by atoms with Crippen LogP contribution in [0.25, 0.3) is 0 Å². The summed E-state index contributed by atoms with van der Waals surface area (Å²) in [5.74, 6) is 2.72. The molecule has 8 heteroatoms. The van der Waals surface area contributed by atoms with Gasteiger partial charge in [0.05, 0.1) is 19.3 Å². The molecule has 2 aromatic heterocycles. The van der Waals surface area contributed by atoms with Gasteiger partial charge in [0.25, 0.3) is 0 Å². The van der Waals surface area contributed by atoms with E-state index in [0.717, 1.165) is 24.6 Å². The van der Waals surface area contributed by atoms with Crippen LogP contribution in [0.2, 0.25) is 0 Å². The summed E-state index contributed by atoms with van der Waals surface area (Å²) in [6.45, 7) is 7.07. The second-order valence-corrected chi connectivity index (χ2v) is 5.77. The largest absolute Gasteiger partial charge is 0.465 e. The van der Waals surface area contributed by atoms with Gasteiger partial charge in [-0.2, -0.15) is 0 Å². The quantitative estimate of drug-likeness (QED) is 0.870. The highest BCUT2D eigenvalue weighted by molar-refractivity contribution is 5.88. The Morgan fingerprint density at radius 1 is 1.29 bits per heavy atom. The minimum atomic E-state index is -0.329. The number of rotatable bonds is 5. The first-order valence-electron chi connectivity index (χ1n) is 7.98. The molecule has 0 saturated carbocycles. The molecule has 1 aliphatic heterocycles. The van der Waals surface area contributed by atoms with Crippen LogP contribution >= 0.6 is 0 Å². The number of nitrogens with zero attached hydrogens (tertiary/aromatic N) is 2. The molecule has 2 amide bonds. The zero-order valence-electron chi connectivity index (χ0n) is 13.9. The summed E-state index contributed by atoms with van der Waals surface area (Å²) in [7, 11) is 0. The van der Waals surface area contributed by atoms with E-state index in [1.165, 1.54) is 0 Å². The van der Waals surface area contributed by atoms with Crippen molar-refractivity contribution in [3.05, 3.63) is 35.5 Å². The first kappa shape index (κ1) is 16.5. The number of anilines is 1. The fourth-order valence-corrected chi connectivity index (χ4v) is 2.71. The number of carbonyl (C=O) groups excluding carboxylic acids is 1. The molecular weight excluding hydrogens is 312 g/mol. The molecule has 1 fully saturated rings. The van der Waals surface area contributed by atoms with Gasteiger partial charge in [-0.15, -0.1) is 0 Å². The maximum atomic E-state index is 12.1. The Morgan fingerprint density at radius 2 is 2.08 bits per heavy atom. The lowest BCUT2D eigenvalue weighted by Crippen LogP contribution is -2.44. The average molecular weight is 334 g/mol. The Bertz CT molecular complexity index is 675. The van der Waals surface area contributed by atoms with Crippen molar-refractivity contribution in [3.8, 4) is 0 Å². The summed E-state index contributed by atoms with van der Waals surface area (Å²) in [5.41, 5.74) is 0. The highest BCUT2D eigenvalue weighted by Crippen LogP contribution is 2.23. The Kier molecular flexibility index (Phi) is 5.17. The van der Waals surface area contributed by atoms with E-state index in [-0.39, 0.29) is 12.1 Å². The van der Waals surface area contributed by atoms with Crippen LogP contribution in [-0.4, -0.2) is 48.9 Å². The number of nitrogens with one attached hydrogen (secondary N) is 2. The second-order valence-electron chi connectivity index (χ2n) is 5.77. The number of furan rings is 1. The minimum Gasteiger partial charge on any atom is -0.465 e. The van der Waals surface area contributed by atoms with Crippen molar-refractivity contribution in [3.63, 3.8) is 0 Å². The van der Waals surface area contributed by atoms with Gasteiger partial charge in [0.2, 0.25) is 0 Å². The fourth-order valence-electron chi connectivity index (χ4n) is 2.71. The van der Waals surface area contributed by atoms with Gasteiger partial charge in [-0.05, 0) is 26.0 Å². The first-order chi connectivity index (χ1) is 11.6. The first-order valence-corrected chi connectivity index (χ1v) is 7.98. The molecule has 3 heterocycles. The molecule has 2 N–H and O–H groups in total. The van der Waals surface area contributed by atoms with Crippen molar-refractivity contribution in [2.24, 2.45) is 0 Å². The van der Waals surface area contributed by atoms with Crippen molar-refractivity contribution in [2.75, 3.05) is 38.2 Å². The number of hydrogen-bond acceptors (Lipinski definition) is 6. The zero-order chi connectivity index (χ0) is 16.9. The van der Waals surface area contributed by atoms with Crippen molar-refractivity contribution in [2.45, 2.75) is 19.9 Å². The van der Waals surface area contributed by atoms with E-state index >= 15 is 0 Å². The number of amides is 2. The maximum absolute atomic E-state index is 12.1. The molecule has 0 unspecified atom stereocenters. The Hall–Kier alpha value is -2.32. The normalized spacial score (nSPS) is 16.8. The van der Waals surface area contributed by atoms with Gasteiger partial charge in [0.1, 0.15) is 17.3 Å². The predicted octanol–water partition coefficient (Wildman–Crippen LogP) is 2.08. The molecule has 1 aliphatic rings. The number of hydrogen-bond donors (Lipinski definition) is 2. The summed E-state index contributed by atoms with van der Waals surface area (Å²) >= 11 is 0. The average Bonchev–Trinajstić information content (AvgIpc) is 3.17. The highest BCUT2D eigenvalue weighted by atomic mass is 16.5. The lowest BCUT2D eigenvalue weighted by Gasteiger charge is -2.33. The van der Waals surface area contributed by atoms with Gasteiger partial charge in [-0.25, -0.2) is 4.79 Å². The van der Waals surface area contributed by atoms with Crippen LogP contribution in [0.4, 0.5) is 10.6 Å². The molecule has 24 heavy (non-hydrogen) atoms. The molecule has 0 bridgehead atoms. The molecule has 0 aliphatic carbocycles. The molecule has 1 atom stereocenters. The zero-order valence-corrected chi connectivity index (χ0v) is 13.9. The molecule has 130 valence electrons. The van der Waals surface area contributed by atoms with Crippen LogP contribution in [0, 0.1) is 13.8 Å². The number of carbonyl (C=O) groups is 1. The fraction of sp³-hybridized carbons (Fsp3) is 0.500. The Morgan fingerprint density at radius 3 is 2.71 bits per heavy atom. The van der Waals surface area contributed by atoms with E-state index in [2.05, 4.69) is 20.7 Å². The maximum Gasteiger partial charge on any atom is 0.320 e. The second kappa shape index (κ2) is 7.50. The van der Waals surface area contributed by atoms with Crippen molar-refractivity contribution in [1.29, 1.82) is 0 Å². The van der Waals surface area contributed by atoms with Crippen LogP contribution in [0.15, 0.2) is 27.1 Å². The smallest absolute Gasteiger partial charge is 0.320 e. The molecule has 3 rings (SSSR count). The van der Waals surface area contributed by atoms with Gasteiger partial charge >= 0.3 is 6.03 Å². The molecule has 0 aromatic carbocycles. The SMILES string of the molecule is Cc1cc(NC(=O)NC[C@@H](c2ccc(C)o2)N2CCOCC2)no1. The summed E-state index contributed by atoms with van der Waals surface area (Å²) in [5, 5.41) is 9.26. The third-order valence-electron chi connectivity index (χ3n) is 3.90. The van der Waals surface area contributed by atoms with Crippen molar-refractivity contribution >= 4 is 11.8 Å². The summed E-state index contributed by atoms with van der Waals surface area (Å²) in [6.07, 6.45) is 0. The predicted molar refractivity (Wildman–Crippen MR) is 86.8 cm³/mol. The van der Waals surface area contributed by atoms with Crippen molar-refractivity contribution < 1.29 is 18.5 Å². The number of aromatic nitrogens is 1. The van der Waals surface area contributed by atoms with Crippen LogP contribution in [-0.2, 0) is 4.74 Å². The van der Waals surface area contributed by atoms with Crippen LogP contribution in [0.5, 0.6) is 0 Å². The third-order valence-corrected chi connectivity index (χ3v) is 3.90. The Labute approximate surface area is 140 Å². The standard InChI is InChI=1S/C16H22N4O4/c1-11-3-4-14(23-11)13(20-5-7-22-8-6-20)10-17-16(21)18-15-9-12(2)24-19-15/h3-4,9,13H,5-8,10H2,1-2H3,(H2,17,18,19,21)/t13-/m0/s1. The van der Waals surface area contributed by atoms with E-state index in [9.17, 15) is 4.79 Å². The molecule has 0 radical (unpaired) electrons. The lowest BCUT2D eigenvalue weighted by atomic mass is 10.1. The highest BCUT2D eigenvalue weighted by Gasteiger charge is 2.25. The van der Waals surface area contributed by atoms with Gasteiger partial charge in [-0.1, -0.05) is 5.16 Å². The van der Waals surface area contributed by atoms with E-state index in [4.69, 9.17) is 13.7 Å². The topological polar surface area (TPSA) is 92.8 Å². The molecular formula is C16H22N4O4. The number of ether oxygens (including phenoxy) is 1. The summed E-state index contributed by atoms with van der Waals surface area (Å²) in [6, 6.07) is 5.18. The third kappa shape index (κ3) is 4.15.